The van der Waals surface area contributed by atoms with E-state index in [1.54, 1.807) is 0 Å². The van der Waals surface area contributed by atoms with E-state index in [0.29, 0.717) is 19.3 Å². The fourth-order valence-electron chi connectivity index (χ4n) is 6.26. The highest BCUT2D eigenvalue weighted by molar-refractivity contribution is 5.73. The van der Waals surface area contributed by atoms with Crippen molar-refractivity contribution in [2.45, 2.75) is 63.2 Å². The fraction of sp³-hybridized carbons (Fsp3) is 0.700. The minimum atomic E-state index is -6.37. The molecule has 0 atom stereocenters. The summed E-state index contributed by atoms with van der Waals surface area (Å²) in [6, 6.07) is 2.20. The highest BCUT2D eigenvalue weighted by Crippen LogP contribution is 2.61. The van der Waals surface area contributed by atoms with Gasteiger partial charge in [0.15, 0.2) is 6.07 Å². The minimum absolute atomic E-state index is 0.124. The molecule has 0 spiro atoms. The van der Waals surface area contributed by atoms with Gasteiger partial charge in [0, 0.05) is 0 Å². The molecule has 5 rings (SSSR count). The number of nitrogens with zero attached hydrogens (tertiary/aromatic N) is 1. The van der Waals surface area contributed by atoms with Gasteiger partial charge in [-0.3, -0.25) is 0 Å². The molecule has 0 aromatic heterocycles. The fourth-order valence-corrected chi connectivity index (χ4v) is 6.26. The molecule has 1 nitrogen and oxygen atoms in total. The van der Waals surface area contributed by atoms with E-state index in [-0.39, 0.29) is 17.8 Å². The predicted octanol–water partition coefficient (Wildman–Crippen LogP) is 8.66. The van der Waals surface area contributed by atoms with Crippen LogP contribution in [0.5, 0.6) is 0 Å². The summed E-state index contributed by atoms with van der Waals surface area (Å²) in [5.74, 6) is 0.373. The molecule has 0 N–H and O–H groups in total. The highest BCUT2D eigenvalue weighted by Gasteiger charge is 2.57. The van der Waals surface area contributed by atoms with Gasteiger partial charge >= 0.3 is 24.7 Å². The molecule has 33 heavy (non-hydrogen) atoms. The van der Waals surface area contributed by atoms with E-state index >= 15 is 0 Å². The Labute approximate surface area is 178 Å². The van der Waals surface area contributed by atoms with Crippen molar-refractivity contribution in [3.8, 4) is 6.07 Å². The zero-order valence-electron chi connectivity index (χ0n) is 16.5. The average molecular weight is 497 g/mol. The smallest absolute Gasteiger partial charge is 0.176 e. The monoisotopic (exact) mass is 497 g/mol. The maximum Gasteiger partial charge on any atom is 0.407 e. The van der Waals surface area contributed by atoms with Gasteiger partial charge in [0.05, 0.1) is 16.5 Å². The Morgan fingerprint density at radius 1 is 0.606 bits per heavy atom. The summed E-state index contributed by atoms with van der Waals surface area (Å²) >= 11 is 0. The quantitative estimate of drug-likeness (QED) is 0.250. The number of halogens is 12. The molecular formula is C20H15F12N. The van der Waals surface area contributed by atoms with Crippen LogP contribution in [0.1, 0.15) is 60.8 Å². The van der Waals surface area contributed by atoms with E-state index in [0.717, 1.165) is 19.3 Å². The normalized spacial score (nSPS) is 29.9. The molecule has 4 aliphatic carbocycles. The lowest BCUT2D eigenvalue weighted by Gasteiger charge is -2.53. The topological polar surface area (TPSA) is 4.36 Å². The molecule has 0 aliphatic heterocycles. The first-order chi connectivity index (χ1) is 14.8. The van der Waals surface area contributed by atoms with Gasteiger partial charge in [-0.05, 0) is 67.4 Å². The molecule has 0 radical (unpaired) electrons. The Hall–Kier alpha value is -2.00. The van der Waals surface area contributed by atoms with Crippen LogP contribution in [0.2, 0.25) is 0 Å². The first kappa shape index (κ1) is 24.1. The van der Waals surface area contributed by atoms with Crippen LogP contribution in [0.15, 0.2) is 0 Å². The maximum atomic E-state index is 13.6. The van der Waals surface area contributed by atoms with Crippen LogP contribution < -0.4 is 0 Å². The molecular weight excluding hydrogens is 482 g/mol. The van der Waals surface area contributed by atoms with Crippen LogP contribution in [0, 0.1) is 29.2 Å². The SMILES string of the molecule is FC(F)(F)c1c(C(F)(F)F)c(C(F)(F)F)[c-]([N+]#CC23CC4CC(CC(C4)C2)C3)c1C(F)(F)F. The number of hydrogen-bond donors (Lipinski definition) is 0. The third kappa shape index (κ3) is 4.18. The molecule has 184 valence electrons. The summed E-state index contributed by atoms with van der Waals surface area (Å²) in [5, 5.41) is 0. The van der Waals surface area contributed by atoms with Crippen LogP contribution in [0.25, 0.3) is 4.85 Å². The third-order valence-corrected chi connectivity index (χ3v) is 6.80. The van der Waals surface area contributed by atoms with Gasteiger partial charge in [-0.25, -0.2) is 0 Å². The summed E-state index contributed by atoms with van der Waals surface area (Å²) in [6.45, 7) is 0. The summed E-state index contributed by atoms with van der Waals surface area (Å²) in [5.41, 5.74) is -16.5. The Bertz CT molecular complexity index is 921. The Morgan fingerprint density at radius 3 is 1.21 bits per heavy atom. The van der Waals surface area contributed by atoms with Crippen molar-refractivity contribution in [2.24, 2.45) is 23.2 Å². The molecule has 0 heterocycles. The second kappa shape index (κ2) is 7.01. The molecule has 1 aromatic carbocycles. The van der Waals surface area contributed by atoms with Gasteiger partial charge in [0.1, 0.15) is 0 Å². The van der Waals surface area contributed by atoms with E-state index in [1.165, 1.54) is 0 Å². The number of hydrogen-bond acceptors (Lipinski definition) is 0. The standard InChI is InChI=1S/C20H15F12N/c21-17(22,23)11-12(18(24,25)26)14(20(30,31)32)15(13(11)19(27,28)29)33-7-16-4-8-1-9(5-16)3-10(2-8)6-16/h8-10H,1-6H2. The van der Waals surface area contributed by atoms with Gasteiger partial charge < -0.3 is 0 Å². The van der Waals surface area contributed by atoms with Crippen LogP contribution >= 0.6 is 0 Å². The molecule has 4 bridgehead atoms. The van der Waals surface area contributed by atoms with Crippen molar-refractivity contribution in [1.82, 2.24) is 0 Å². The minimum Gasteiger partial charge on any atom is -0.176 e. The van der Waals surface area contributed by atoms with Crippen LogP contribution in [0.3, 0.4) is 0 Å². The van der Waals surface area contributed by atoms with Gasteiger partial charge in [0.2, 0.25) is 0 Å². The van der Waals surface area contributed by atoms with Crippen molar-refractivity contribution in [1.29, 1.82) is 0 Å². The first-order valence-electron chi connectivity index (χ1n) is 9.95. The maximum absolute atomic E-state index is 13.6. The molecule has 4 saturated carbocycles. The van der Waals surface area contributed by atoms with E-state index < -0.39 is 58.1 Å². The summed E-state index contributed by atoms with van der Waals surface area (Å²) in [4.78, 5) is 3.05. The Kier molecular flexibility index (Phi) is 5.13. The molecule has 0 unspecified atom stereocenters. The van der Waals surface area contributed by atoms with Crippen LogP contribution in [-0.4, -0.2) is 0 Å². The molecule has 13 heteroatoms. The molecule has 4 aliphatic rings. The van der Waals surface area contributed by atoms with E-state index in [9.17, 15) is 52.7 Å². The zero-order chi connectivity index (χ0) is 24.8. The molecule has 1 aromatic rings. The van der Waals surface area contributed by atoms with Gasteiger partial charge in [-0.15, -0.1) is 4.85 Å². The van der Waals surface area contributed by atoms with Crippen molar-refractivity contribution in [3.05, 3.63) is 27.1 Å². The van der Waals surface area contributed by atoms with E-state index in [1.807, 2.05) is 0 Å². The van der Waals surface area contributed by atoms with Crippen molar-refractivity contribution >= 4 is 5.69 Å². The van der Waals surface area contributed by atoms with E-state index in [4.69, 9.17) is 0 Å². The van der Waals surface area contributed by atoms with Crippen molar-refractivity contribution < 1.29 is 52.7 Å². The summed E-state index contributed by atoms with van der Waals surface area (Å²) in [6.07, 6.45) is -21.7. The Morgan fingerprint density at radius 2 is 0.939 bits per heavy atom. The number of alkyl halides is 12. The van der Waals surface area contributed by atoms with Crippen molar-refractivity contribution in [2.75, 3.05) is 0 Å². The lowest BCUT2D eigenvalue weighted by Crippen LogP contribution is -2.45. The lowest BCUT2D eigenvalue weighted by atomic mass is 9.50. The van der Waals surface area contributed by atoms with Gasteiger partial charge in [-0.2, -0.15) is 52.7 Å². The second-order valence-corrected chi connectivity index (χ2v) is 9.26. The third-order valence-electron chi connectivity index (χ3n) is 6.80. The van der Waals surface area contributed by atoms with Crippen molar-refractivity contribution in [3.63, 3.8) is 0 Å². The highest BCUT2D eigenvalue weighted by atomic mass is 19.4. The second-order valence-electron chi connectivity index (χ2n) is 9.26. The molecule has 0 saturated heterocycles. The van der Waals surface area contributed by atoms with Gasteiger partial charge in [0.25, 0.3) is 5.69 Å². The summed E-state index contributed by atoms with van der Waals surface area (Å²) in [7, 11) is 0. The van der Waals surface area contributed by atoms with Crippen LogP contribution in [0.4, 0.5) is 58.4 Å². The summed E-state index contributed by atoms with van der Waals surface area (Å²) < 4.78 is 162. The van der Waals surface area contributed by atoms with Gasteiger partial charge in [-0.1, -0.05) is 0 Å². The molecule has 0 amide bonds. The van der Waals surface area contributed by atoms with Crippen LogP contribution in [-0.2, 0) is 24.7 Å². The first-order valence-corrected chi connectivity index (χ1v) is 9.95. The van der Waals surface area contributed by atoms with E-state index in [2.05, 4.69) is 10.9 Å². The average Bonchev–Trinajstić information content (AvgIpc) is 2.95. The Balaban J connectivity index is 2.01. The molecule has 4 fully saturated rings. The largest absolute Gasteiger partial charge is 0.407 e. The predicted molar refractivity (Wildman–Crippen MR) is 89.6 cm³/mol. The number of rotatable bonds is 0. The lowest BCUT2D eigenvalue weighted by molar-refractivity contribution is -0.178. The zero-order valence-corrected chi connectivity index (χ0v) is 16.5.